The normalized spacial score (nSPS) is 15.6. The van der Waals surface area contributed by atoms with E-state index in [4.69, 9.17) is 24.4 Å². The van der Waals surface area contributed by atoms with Gasteiger partial charge in [-0.05, 0) is 31.2 Å². The number of carbonyl (C=O) groups is 1. The van der Waals surface area contributed by atoms with Crippen LogP contribution in [0.15, 0.2) is 48.4 Å². The van der Waals surface area contributed by atoms with Gasteiger partial charge in [-0.2, -0.15) is 9.97 Å². The molecule has 0 spiro atoms. The number of carbonyl (C=O) groups excluding carboxylic acids is 1. The minimum absolute atomic E-state index is 0.133. The molecule has 2 aromatic heterocycles. The number of aromatic nitrogens is 3. The number of hydrogen-bond donors (Lipinski definition) is 1. The highest BCUT2D eigenvalue weighted by Crippen LogP contribution is 2.31. The van der Waals surface area contributed by atoms with Crippen molar-refractivity contribution in [3.05, 3.63) is 53.9 Å². The van der Waals surface area contributed by atoms with E-state index in [-0.39, 0.29) is 5.91 Å². The van der Waals surface area contributed by atoms with E-state index in [9.17, 15) is 4.79 Å². The third kappa shape index (κ3) is 5.19. The van der Waals surface area contributed by atoms with Crippen molar-refractivity contribution in [1.29, 1.82) is 0 Å². The van der Waals surface area contributed by atoms with Gasteiger partial charge in [0, 0.05) is 31.3 Å². The van der Waals surface area contributed by atoms with Crippen LogP contribution in [0.4, 0.5) is 11.8 Å². The molecular weight excluding hydrogens is 444 g/mol. The Morgan fingerprint density at radius 1 is 1.00 bits per heavy atom. The van der Waals surface area contributed by atoms with Crippen molar-refractivity contribution in [2.24, 2.45) is 0 Å². The first-order valence-corrected chi connectivity index (χ1v) is 12.0. The number of pyridine rings is 1. The third-order valence-corrected chi connectivity index (χ3v) is 5.84. The smallest absolute Gasteiger partial charge is 0.251 e. The Balaban J connectivity index is 0.00000141. The quantitative estimate of drug-likeness (QED) is 0.611. The van der Waals surface area contributed by atoms with Crippen LogP contribution in [-0.2, 0) is 9.47 Å². The molecule has 3 aromatic rings. The Morgan fingerprint density at radius 2 is 1.80 bits per heavy atom. The molecule has 0 atom stereocenters. The molecule has 4 heterocycles. The lowest BCUT2D eigenvalue weighted by molar-refractivity contribution is 0.0963. The van der Waals surface area contributed by atoms with Crippen molar-refractivity contribution >= 4 is 28.7 Å². The SMILES string of the molecule is CC.CNC(=O)c1cccc(-c2ccc3c(N4CCOC=C4C)nc(N4CCOCC4)nc3n2)c1. The Hall–Kier alpha value is -3.72. The average molecular weight is 477 g/mol. The molecular formula is C26H32N6O3. The van der Waals surface area contributed by atoms with Gasteiger partial charge in [-0.15, -0.1) is 0 Å². The minimum Gasteiger partial charge on any atom is -0.498 e. The molecule has 1 N–H and O–H groups in total. The van der Waals surface area contributed by atoms with Crippen molar-refractivity contribution in [3.8, 4) is 11.3 Å². The van der Waals surface area contributed by atoms with Crippen LogP contribution in [0.25, 0.3) is 22.3 Å². The van der Waals surface area contributed by atoms with E-state index in [2.05, 4.69) is 15.1 Å². The Labute approximate surface area is 205 Å². The fourth-order valence-corrected chi connectivity index (χ4v) is 4.05. The second-order valence-corrected chi connectivity index (χ2v) is 7.96. The maximum atomic E-state index is 12.1. The maximum Gasteiger partial charge on any atom is 0.251 e. The second-order valence-electron chi connectivity index (χ2n) is 7.96. The molecule has 0 unspecified atom stereocenters. The molecule has 184 valence electrons. The van der Waals surface area contributed by atoms with Gasteiger partial charge < -0.3 is 24.6 Å². The van der Waals surface area contributed by atoms with Gasteiger partial charge in [0.25, 0.3) is 5.91 Å². The molecule has 0 bridgehead atoms. The fraction of sp³-hybridized carbons (Fsp3) is 0.385. The first-order valence-electron chi connectivity index (χ1n) is 12.0. The van der Waals surface area contributed by atoms with Crippen molar-refractivity contribution in [1.82, 2.24) is 20.3 Å². The molecule has 1 aromatic carbocycles. The number of nitrogens with zero attached hydrogens (tertiary/aromatic N) is 5. The number of amides is 1. The van der Waals surface area contributed by atoms with Gasteiger partial charge in [0.05, 0.1) is 36.5 Å². The average Bonchev–Trinajstić information content (AvgIpc) is 2.93. The van der Waals surface area contributed by atoms with Crippen molar-refractivity contribution in [2.45, 2.75) is 20.8 Å². The molecule has 0 aliphatic carbocycles. The molecule has 35 heavy (non-hydrogen) atoms. The first kappa shape index (κ1) is 24.4. The van der Waals surface area contributed by atoms with E-state index >= 15 is 0 Å². The molecule has 1 amide bonds. The lowest BCUT2D eigenvalue weighted by Gasteiger charge is -2.31. The Morgan fingerprint density at radius 3 is 2.54 bits per heavy atom. The minimum atomic E-state index is -0.133. The predicted octanol–water partition coefficient (Wildman–Crippen LogP) is 3.61. The first-order chi connectivity index (χ1) is 17.1. The van der Waals surface area contributed by atoms with Gasteiger partial charge in [-0.1, -0.05) is 26.0 Å². The maximum absolute atomic E-state index is 12.1. The number of nitrogens with one attached hydrogen (secondary N) is 1. The predicted molar refractivity (Wildman–Crippen MR) is 138 cm³/mol. The zero-order valence-electron chi connectivity index (χ0n) is 20.7. The molecule has 0 radical (unpaired) electrons. The zero-order valence-corrected chi connectivity index (χ0v) is 20.7. The zero-order chi connectivity index (χ0) is 24.8. The van der Waals surface area contributed by atoms with Crippen LogP contribution in [-0.4, -0.2) is 67.4 Å². The third-order valence-electron chi connectivity index (χ3n) is 5.84. The van der Waals surface area contributed by atoms with Crippen molar-refractivity contribution in [3.63, 3.8) is 0 Å². The molecule has 1 saturated heterocycles. The summed E-state index contributed by atoms with van der Waals surface area (Å²) in [6, 6.07) is 11.4. The van der Waals surface area contributed by atoms with E-state index in [1.54, 1.807) is 19.4 Å². The van der Waals surface area contributed by atoms with E-state index in [1.165, 1.54) is 0 Å². The summed E-state index contributed by atoms with van der Waals surface area (Å²) in [5.41, 5.74) is 3.79. The van der Waals surface area contributed by atoms with Crippen LogP contribution >= 0.6 is 0 Å². The topological polar surface area (TPSA) is 92.7 Å². The van der Waals surface area contributed by atoms with Crippen molar-refractivity contribution < 1.29 is 14.3 Å². The highest BCUT2D eigenvalue weighted by atomic mass is 16.5. The summed E-state index contributed by atoms with van der Waals surface area (Å²) in [7, 11) is 1.62. The van der Waals surface area contributed by atoms with Crippen LogP contribution in [0.2, 0.25) is 0 Å². The van der Waals surface area contributed by atoms with Crippen LogP contribution in [0.3, 0.4) is 0 Å². The van der Waals surface area contributed by atoms with Crippen LogP contribution in [0.5, 0.6) is 0 Å². The van der Waals surface area contributed by atoms with Gasteiger partial charge in [0.2, 0.25) is 5.95 Å². The summed E-state index contributed by atoms with van der Waals surface area (Å²) >= 11 is 0. The largest absolute Gasteiger partial charge is 0.498 e. The molecule has 9 heteroatoms. The van der Waals surface area contributed by atoms with Crippen LogP contribution in [0, 0.1) is 0 Å². The summed E-state index contributed by atoms with van der Waals surface area (Å²) in [5.74, 6) is 1.33. The number of fused-ring (bicyclic) bond motifs is 1. The van der Waals surface area contributed by atoms with E-state index in [1.807, 2.05) is 51.1 Å². The number of hydrogen-bond acceptors (Lipinski definition) is 8. The highest BCUT2D eigenvalue weighted by Gasteiger charge is 2.23. The van der Waals surface area contributed by atoms with Crippen LogP contribution in [0.1, 0.15) is 31.1 Å². The van der Waals surface area contributed by atoms with E-state index in [0.29, 0.717) is 43.5 Å². The summed E-state index contributed by atoms with van der Waals surface area (Å²) in [6.45, 7) is 10.1. The number of anilines is 2. The summed E-state index contributed by atoms with van der Waals surface area (Å²) in [4.78, 5) is 31.0. The summed E-state index contributed by atoms with van der Waals surface area (Å²) in [6.07, 6.45) is 1.76. The molecule has 9 nitrogen and oxygen atoms in total. The van der Waals surface area contributed by atoms with Gasteiger partial charge in [-0.25, -0.2) is 4.98 Å². The van der Waals surface area contributed by atoms with Crippen LogP contribution < -0.4 is 15.1 Å². The number of benzene rings is 1. The molecule has 2 aliphatic heterocycles. The van der Waals surface area contributed by atoms with Gasteiger partial charge in [-0.3, -0.25) is 4.79 Å². The Bertz CT molecular complexity index is 1220. The highest BCUT2D eigenvalue weighted by molar-refractivity contribution is 5.95. The van der Waals surface area contributed by atoms with Gasteiger partial charge in [0.15, 0.2) is 5.65 Å². The Kier molecular flexibility index (Phi) is 7.77. The lowest BCUT2D eigenvalue weighted by Crippen LogP contribution is -2.38. The molecule has 2 aliphatic rings. The molecule has 0 saturated carbocycles. The van der Waals surface area contributed by atoms with Gasteiger partial charge in [0.1, 0.15) is 18.7 Å². The van der Waals surface area contributed by atoms with Crippen molar-refractivity contribution in [2.75, 3.05) is 56.3 Å². The summed E-state index contributed by atoms with van der Waals surface area (Å²) < 4.78 is 11.0. The number of rotatable bonds is 4. The second kappa shape index (κ2) is 11.1. The summed E-state index contributed by atoms with van der Waals surface area (Å²) in [5, 5.41) is 3.53. The van der Waals surface area contributed by atoms with E-state index < -0.39 is 0 Å². The lowest BCUT2D eigenvalue weighted by atomic mass is 10.1. The number of morpholine rings is 1. The number of ether oxygens (including phenoxy) is 2. The van der Waals surface area contributed by atoms with Gasteiger partial charge >= 0.3 is 0 Å². The number of allylic oxidation sites excluding steroid dienone is 1. The van der Waals surface area contributed by atoms with E-state index in [0.717, 1.165) is 41.2 Å². The fourth-order valence-electron chi connectivity index (χ4n) is 4.05. The molecule has 5 rings (SSSR count). The molecule has 1 fully saturated rings. The standard InChI is InChI=1S/C24H26N6O3.C2H6/c1-16-15-33-13-10-30(16)22-19-6-7-20(17-4-3-5-18(14-17)23(31)25-2)26-21(19)27-24(28-22)29-8-11-32-12-9-29;1-2/h3-7,14-15H,8-13H2,1-2H3,(H,25,31);1-2H3. The monoisotopic (exact) mass is 476 g/mol.